The number of carbonyl (C=O) groups excluding carboxylic acids is 3. The van der Waals surface area contributed by atoms with Crippen LogP contribution in [-0.2, 0) is 28.6 Å². The molecule has 0 amide bonds. The van der Waals surface area contributed by atoms with Crippen LogP contribution in [0.5, 0.6) is 0 Å². The Labute approximate surface area is 299 Å². The highest BCUT2D eigenvalue weighted by molar-refractivity contribution is 5.95. The maximum atomic E-state index is 14.0. The molecule has 284 valence electrons. The van der Waals surface area contributed by atoms with Crippen LogP contribution in [0.2, 0.25) is 0 Å². The first-order valence-electron chi connectivity index (χ1n) is 19.4. The fraction of sp³-hybridized carbons (Fsp3) is 0.927. The number of hydrogen-bond donors (Lipinski definition) is 2. The summed E-state index contributed by atoms with van der Waals surface area (Å²) >= 11 is 0. The first-order chi connectivity index (χ1) is 22.2. The van der Waals surface area contributed by atoms with Crippen molar-refractivity contribution < 1.29 is 28.6 Å². The zero-order valence-electron chi connectivity index (χ0n) is 34.1. The van der Waals surface area contributed by atoms with E-state index in [1.54, 1.807) is 0 Å². The second kappa shape index (κ2) is 15.1. The minimum Gasteiger partial charge on any atom is -0.462 e. The Morgan fingerprint density at radius 3 is 1.45 bits per heavy atom. The first kappa shape index (κ1) is 41.7. The zero-order chi connectivity index (χ0) is 37.4. The lowest BCUT2D eigenvalue weighted by Gasteiger charge is -2.50. The van der Waals surface area contributed by atoms with E-state index in [1.807, 2.05) is 0 Å². The molecular formula is C41H74N2O6. The highest BCUT2D eigenvalue weighted by Gasteiger charge is 2.48. The molecule has 0 aromatic carbocycles. The topological polar surface area (TPSA) is 103 Å². The van der Waals surface area contributed by atoms with Gasteiger partial charge in [0, 0.05) is 54.3 Å². The average Bonchev–Trinajstić information content (AvgIpc) is 2.87. The van der Waals surface area contributed by atoms with Crippen molar-refractivity contribution in [1.82, 2.24) is 10.6 Å². The van der Waals surface area contributed by atoms with Gasteiger partial charge >= 0.3 is 17.9 Å². The Morgan fingerprint density at radius 1 is 0.592 bits per heavy atom. The number of piperidine rings is 2. The van der Waals surface area contributed by atoms with E-state index >= 15 is 0 Å². The molecule has 0 bridgehead atoms. The smallest absolute Gasteiger partial charge is 0.320 e. The van der Waals surface area contributed by atoms with Crippen LogP contribution in [-0.4, -0.2) is 58.4 Å². The molecular weight excluding hydrogens is 616 g/mol. The zero-order valence-corrected chi connectivity index (χ0v) is 34.1. The van der Waals surface area contributed by atoms with Crippen molar-refractivity contribution in [3.8, 4) is 0 Å². The summed E-state index contributed by atoms with van der Waals surface area (Å²) in [5.41, 5.74) is -0.696. The van der Waals surface area contributed by atoms with Gasteiger partial charge in [-0.2, -0.15) is 0 Å². The second-order valence-electron chi connectivity index (χ2n) is 20.2. The fourth-order valence-electron chi connectivity index (χ4n) is 9.39. The number of rotatable bonds is 12. The van der Waals surface area contributed by atoms with Crippen molar-refractivity contribution in [2.24, 2.45) is 34.5 Å². The summed E-state index contributed by atoms with van der Waals surface area (Å²) in [4.78, 5) is 41.2. The monoisotopic (exact) mass is 691 g/mol. The van der Waals surface area contributed by atoms with Crippen molar-refractivity contribution in [2.75, 3.05) is 0 Å². The van der Waals surface area contributed by atoms with Gasteiger partial charge in [-0.3, -0.25) is 14.4 Å². The second-order valence-corrected chi connectivity index (χ2v) is 20.2. The molecule has 0 radical (unpaired) electrons. The summed E-state index contributed by atoms with van der Waals surface area (Å²) in [6, 6.07) is 0. The Hall–Kier alpha value is -1.67. The largest absolute Gasteiger partial charge is 0.462 e. The molecule has 3 aliphatic rings. The lowest BCUT2D eigenvalue weighted by Crippen LogP contribution is -2.63. The van der Waals surface area contributed by atoms with Gasteiger partial charge in [-0.1, -0.05) is 62.3 Å². The quantitative estimate of drug-likeness (QED) is 0.119. The van der Waals surface area contributed by atoms with Crippen molar-refractivity contribution in [3.05, 3.63) is 0 Å². The Kier molecular flexibility index (Phi) is 12.9. The van der Waals surface area contributed by atoms with Crippen LogP contribution in [0, 0.1) is 34.5 Å². The van der Waals surface area contributed by atoms with Crippen molar-refractivity contribution >= 4 is 17.9 Å². The van der Waals surface area contributed by atoms with Crippen molar-refractivity contribution in [3.63, 3.8) is 0 Å². The van der Waals surface area contributed by atoms with Gasteiger partial charge in [-0.25, -0.2) is 0 Å². The van der Waals surface area contributed by atoms with E-state index in [2.05, 4.69) is 114 Å². The highest BCUT2D eigenvalue weighted by Crippen LogP contribution is 2.51. The molecule has 7 unspecified atom stereocenters. The molecule has 1 saturated carbocycles. The van der Waals surface area contributed by atoms with E-state index in [-0.39, 0.29) is 70.1 Å². The minimum absolute atomic E-state index is 0.0127. The van der Waals surface area contributed by atoms with Crippen LogP contribution in [0.25, 0.3) is 0 Å². The van der Waals surface area contributed by atoms with E-state index < -0.39 is 17.9 Å². The molecule has 3 fully saturated rings. The number of esters is 3. The van der Waals surface area contributed by atoms with E-state index in [1.165, 1.54) is 0 Å². The fourth-order valence-corrected chi connectivity index (χ4v) is 9.39. The van der Waals surface area contributed by atoms with E-state index in [0.717, 1.165) is 32.1 Å². The molecule has 2 saturated heterocycles. The summed E-state index contributed by atoms with van der Waals surface area (Å²) in [6.45, 7) is 32.9. The molecule has 2 aliphatic heterocycles. The third-order valence-corrected chi connectivity index (χ3v) is 12.6. The first-order valence-corrected chi connectivity index (χ1v) is 19.4. The molecule has 0 aromatic rings. The van der Waals surface area contributed by atoms with E-state index in [4.69, 9.17) is 14.2 Å². The molecule has 3 rings (SSSR count). The van der Waals surface area contributed by atoms with E-state index in [9.17, 15) is 14.4 Å². The molecule has 8 nitrogen and oxygen atoms in total. The lowest BCUT2D eigenvalue weighted by molar-refractivity contribution is -0.175. The number of carbonyl (C=O) groups is 3. The number of ether oxygens (including phenoxy) is 3. The van der Waals surface area contributed by atoms with Crippen LogP contribution in [0.3, 0.4) is 0 Å². The van der Waals surface area contributed by atoms with Gasteiger partial charge in [0.2, 0.25) is 0 Å². The van der Waals surface area contributed by atoms with Crippen molar-refractivity contribution in [1.29, 1.82) is 0 Å². The summed E-state index contributed by atoms with van der Waals surface area (Å²) in [7, 11) is 0. The molecule has 2 N–H and O–H groups in total. The Morgan fingerprint density at radius 2 is 1.02 bits per heavy atom. The van der Waals surface area contributed by atoms with E-state index in [0.29, 0.717) is 37.0 Å². The molecule has 0 aromatic heterocycles. The standard InChI is InChI=1S/C41H74N2O6/c1-26(2)39(13)22-29(19-36(7,8)25-39)48-34(45)32(35(46)49-31-21-38(11,12)43-41(15,24-31)28(5)6)17-16-18-33(44)47-30-20-37(9,10)42-40(14,23-30)27(3)4/h26-32,42-43H,16-25H2,1-15H3. The van der Waals surface area contributed by atoms with Crippen LogP contribution >= 0.6 is 0 Å². The van der Waals surface area contributed by atoms with Crippen LogP contribution in [0.1, 0.15) is 168 Å². The van der Waals surface area contributed by atoms with Gasteiger partial charge < -0.3 is 24.8 Å². The third kappa shape index (κ3) is 11.2. The minimum atomic E-state index is -1.09. The predicted octanol–water partition coefficient (Wildman–Crippen LogP) is 8.53. The van der Waals surface area contributed by atoms with Crippen molar-refractivity contribution in [2.45, 2.75) is 209 Å². The molecule has 0 spiro atoms. The van der Waals surface area contributed by atoms with Crippen LogP contribution in [0.4, 0.5) is 0 Å². The molecule has 2 heterocycles. The maximum absolute atomic E-state index is 14.0. The number of hydrogen-bond acceptors (Lipinski definition) is 8. The molecule has 8 heteroatoms. The SMILES string of the molecule is CC(C)C1(C)CC(OC(=O)C(CCCC(=O)OC2CC(C)(C)NC(C)(C(C)C)C2)C(=O)OC2CC(C)(C)NC(C)(C(C)C)C2)CC(C)(C)C1. The average molecular weight is 691 g/mol. The molecule has 49 heavy (non-hydrogen) atoms. The summed E-state index contributed by atoms with van der Waals surface area (Å²) in [5.74, 6) is -1.31. The highest BCUT2D eigenvalue weighted by atomic mass is 16.6. The van der Waals surface area contributed by atoms with Crippen LogP contribution < -0.4 is 10.6 Å². The normalized spacial score (nSPS) is 34.8. The molecule has 1 aliphatic carbocycles. The summed E-state index contributed by atoms with van der Waals surface area (Å²) in [6.07, 6.45) is 5.25. The lowest BCUT2D eigenvalue weighted by atomic mass is 9.59. The predicted molar refractivity (Wildman–Crippen MR) is 197 cm³/mol. The van der Waals surface area contributed by atoms with Gasteiger partial charge in [-0.15, -0.1) is 0 Å². The molecule has 7 atom stereocenters. The third-order valence-electron chi connectivity index (χ3n) is 12.6. The maximum Gasteiger partial charge on any atom is 0.320 e. The van der Waals surface area contributed by atoms with Gasteiger partial charge in [0.25, 0.3) is 0 Å². The van der Waals surface area contributed by atoms with Gasteiger partial charge in [-0.05, 0) is 102 Å². The summed E-state index contributed by atoms with van der Waals surface area (Å²) in [5, 5.41) is 7.52. The number of nitrogens with one attached hydrogen (secondary N) is 2. The Bertz CT molecular complexity index is 1120. The summed E-state index contributed by atoms with van der Waals surface area (Å²) < 4.78 is 18.5. The Balaban J connectivity index is 1.75. The van der Waals surface area contributed by atoms with Gasteiger partial charge in [0.05, 0.1) is 0 Å². The van der Waals surface area contributed by atoms with Gasteiger partial charge in [0.15, 0.2) is 5.92 Å². The van der Waals surface area contributed by atoms with Crippen LogP contribution in [0.15, 0.2) is 0 Å². The van der Waals surface area contributed by atoms with Gasteiger partial charge in [0.1, 0.15) is 18.3 Å².